The fourth-order valence-corrected chi connectivity index (χ4v) is 1.24. The van der Waals surface area contributed by atoms with Crippen LogP contribution in [-0.2, 0) is 0 Å². The highest BCUT2D eigenvalue weighted by Gasteiger charge is 1.99. The molecule has 0 spiro atoms. The van der Waals surface area contributed by atoms with Gasteiger partial charge in [-0.1, -0.05) is 24.3 Å². The number of benzene rings is 1. The zero-order chi connectivity index (χ0) is 8.39. The summed E-state index contributed by atoms with van der Waals surface area (Å²) in [5.74, 6) is 0. The Morgan fingerprint density at radius 1 is 1.17 bits per heavy atom. The summed E-state index contributed by atoms with van der Waals surface area (Å²) >= 11 is 0. The molecule has 0 unspecified atom stereocenters. The van der Waals surface area contributed by atoms with Crippen LogP contribution in [0.2, 0.25) is 0 Å². The molecule has 0 saturated carbocycles. The van der Waals surface area contributed by atoms with Crippen LogP contribution in [0.4, 0.5) is 0 Å². The van der Waals surface area contributed by atoms with Gasteiger partial charge in [-0.3, -0.25) is 4.98 Å². The maximum absolute atomic E-state index is 8.87. The minimum atomic E-state index is 0.758. The summed E-state index contributed by atoms with van der Waals surface area (Å²) in [6, 6.07) is 7.81. The molecule has 0 atom stereocenters. The van der Waals surface area contributed by atoms with Crippen LogP contribution in [-0.4, -0.2) is 17.5 Å². The molecular weight excluding hydrogens is 149 g/mol. The Balaban J connectivity index is 2.79. The maximum Gasteiger partial charge on any atom is 0.329 e. The Bertz CT molecular complexity index is 397. The van der Waals surface area contributed by atoms with Crippen LogP contribution in [0, 0.1) is 0 Å². The predicted octanol–water partition coefficient (Wildman–Crippen LogP) is 0.472. The normalized spacial score (nSPS) is 10.1. The number of aromatic nitrogens is 1. The molecule has 57 valence electrons. The first-order valence-corrected chi connectivity index (χ1v) is 3.72. The van der Waals surface area contributed by atoms with Crippen molar-refractivity contribution in [2.24, 2.45) is 0 Å². The van der Waals surface area contributed by atoms with E-state index < -0.39 is 0 Å². The summed E-state index contributed by atoms with van der Waals surface area (Å²) < 4.78 is 0. The van der Waals surface area contributed by atoms with Crippen molar-refractivity contribution >= 4 is 23.7 Å². The van der Waals surface area contributed by atoms with Crippen molar-refractivity contribution in [1.82, 2.24) is 4.98 Å². The van der Waals surface area contributed by atoms with Gasteiger partial charge in [-0.05, 0) is 16.2 Å². The summed E-state index contributed by atoms with van der Waals surface area (Å²) in [4.78, 5) is 3.99. The average molecular weight is 156 g/mol. The highest BCUT2D eigenvalue weighted by molar-refractivity contribution is 6.49. The van der Waals surface area contributed by atoms with Crippen LogP contribution in [0.25, 0.3) is 10.8 Å². The van der Waals surface area contributed by atoms with E-state index in [0.29, 0.717) is 0 Å². The Morgan fingerprint density at radius 3 is 2.83 bits per heavy atom. The van der Waals surface area contributed by atoms with E-state index in [-0.39, 0.29) is 0 Å². The highest BCUT2D eigenvalue weighted by atomic mass is 16.2. The SMILES string of the molecule is O[B]c1cncc2ccccc12. The molecule has 0 aliphatic carbocycles. The smallest absolute Gasteiger partial charge is 0.329 e. The number of rotatable bonds is 1. The van der Waals surface area contributed by atoms with Crippen LogP contribution in [0.1, 0.15) is 0 Å². The molecule has 1 aromatic heterocycles. The summed E-state index contributed by atoms with van der Waals surface area (Å²) in [6.07, 6.45) is 3.42. The maximum atomic E-state index is 8.87. The second-order valence-corrected chi connectivity index (χ2v) is 2.58. The standard InChI is InChI=1S/C9H7BNO/c12-10-9-6-11-5-7-3-1-2-4-8(7)9/h1-6,12H. The number of pyridine rings is 1. The van der Waals surface area contributed by atoms with Crippen LogP contribution in [0.15, 0.2) is 36.7 Å². The third-order valence-electron chi connectivity index (χ3n) is 1.84. The van der Waals surface area contributed by atoms with Crippen LogP contribution in [0.3, 0.4) is 0 Å². The third kappa shape index (κ3) is 1.08. The fraction of sp³-hybridized carbons (Fsp3) is 0. The summed E-state index contributed by atoms with van der Waals surface area (Å²) in [5.41, 5.74) is 0.758. The summed E-state index contributed by atoms with van der Waals surface area (Å²) in [7, 11) is 1.08. The molecule has 2 aromatic rings. The van der Waals surface area contributed by atoms with Gasteiger partial charge in [0.05, 0.1) is 0 Å². The molecule has 0 aliphatic heterocycles. The van der Waals surface area contributed by atoms with Gasteiger partial charge in [0, 0.05) is 12.4 Å². The molecule has 0 aliphatic rings. The van der Waals surface area contributed by atoms with Gasteiger partial charge in [0.2, 0.25) is 0 Å². The Kier molecular flexibility index (Phi) is 1.80. The lowest BCUT2D eigenvalue weighted by Crippen LogP contribution is -2.14. The van der Waals surface area contributed by atoms with Crippen molar-refractivity contribution in [3.63, 3.8) is 0 Å². The zero-order valence-electron chi connectivity index (χ0n) is 6.44. The Morgan fingerprint density at radius 2 is 2.00 bits per heavy atom. The molecule has 1 aromatic carbocycles. The molecule has 0 fully saturated rings. The fourth-order valence-electron chi connectivity index (χ4n) is 1.24. The van der Waals surface area contributed by atoms with E-state index in [4.69, 9.17) is 5.02 Å². The van der Waals surface area contributed by atoms with Gasteiger partial charge in [-0.2, -0.15) is 0 Å². The molecule has 0 saturated heterocycles. The Hall–Kier alpha value is -1.35. The number of nitrogens with zero attached hydrogens (tertiary/aromatic N) is 1. The van der Waals surface area contributed by atoms with Crippen LogP contribution >= 0.6 is 0 Å². The topological polar surface area (TPSA) is 33.1 Å². The van der Waals surface area contributed by atoms with Crippen molar-refractivity contribution in [3.8, 4) is 0 Å². The van der Waals surface area contributed by atoms with E-state index in [9.17, 15) is 0 Å². The minimum Gasteiger partial charge on any atom is -0.450 e. The molecular formula is C9H7BNO. The summed E-state index contributed by atoms with van der Waals surface area (Å²) in [5, 5.41) is 10.9. The minimum absolute atomic E-state index is 0.758. The second-order valence-electron chi connectivity index (χ2n) is 2.58. The van der Waals surface area contributed by atoms with Crippen LogP contribution in [0.5, 0.6) is 0 Å². The van der Waals surface area contributed by atoms with E-state index >= 15 is 0 Å². The third-order valence-corrected chi connectivity index (χ3v) is 1.84. The van der Waals surface area contributed by atoms with E-state index in [0.717, 1.165) is 23.7 Å². The molecule has 0 bridgehead atoms. The first-order valence-electron chi connectivity index (χ1n) is 3.72. The molecule has 2 rings (SSSR count). The zero-order valence-corrected chi connectivity index (χ0v) is 6.44. The van der Waals surface area contributed by atoms with E-state index in [2.05, 4.69) is 4.98 Å². The lowest BCUT2D eigenvalue weighted by Gasteiger charge is -1.99. The van der Waals surface area contributed by atoms with Gasteiger partial charge < -0.3 is 5.02 Å². The molecule has 1 heterocycles. The quantitative estimate of drug-likeness (QED) is 0.608. The van der Waals surface area contributed by atoms with Gasteiger partial charge in [0.15, 0.2) is 0 Å². The van der Waals surface area contributed by atoms with Crippen molar-refractivity contribution in [3.05, 3.63) is 36.7 Å². The first kappa shape index (κ1) is 7.31. The Labute approximate surface area is 71.1 Å². The monoisotopic (exact) mass is 156 g/mol. The lowest BCUT2D eigenvalue weighted by molar-refractivity contribution is 0.615. The molecule has 3 heteroatoms. The molecule has 12 heavy (non-hydrogen) atoms. The van der Waals surface area contributed by atoms with Gasteiger partial charge in [-0.25, -0.2) is 0 Å². The molecule has 2 nitrogen and oxygen atoms in total. The molecule has 1 radical (unpaired) electrons. The van der Waals surface area contributed by atoms with Gasteiger partial charge >= 0.3 is 7.48 Å². The van der Waals surface area contributed by atoms with Crippen LogP contribution < -0.4 is 5.46 Å². The van der Waals surface area contributed by atoms with E-state index in [1.807, 2.05) is 24.3 Å². The van der Waals surface area contributed by atoms with E-state index in [1.165, 1.54) is 0 Å². The highest BCUT2D eigenvalue weighted by Crippen LogP contribution is 2.07. The van der Waals surface area contributed by atoms with Crippen molar-refractivity contribution in [2.45, 2.75) is 0 Å². The summed E-state index contributed by atoms with van der Waals surface area (Å²) in [6.45, 7) is 0. The van der Waals surface area contributed by atoms with Crippen molar-refractivity contribution in [1.29, 1.82) is 0 Å². The van der Waals surface area contributed by atoms with Gasteiger partial charge in [0.1, 0.15) is 0 Å². The predicted molar refractivity (Wildman–Crippen MR) is 49.3 cm³/mol. The second kappa shape index (κ2) is 2.95. The lowest BCUT2D eigenvalue weighted by atomic mass is 9.86. The number of hydrogen-bond acceptors (Lipinski definition) is 2. The number of hydrogen-bond donors (Lipinski definition) is 1. The van der Waals surface area contributed by atoms with Gasteiger partial charge in [-0.15, -0.1) is 0 Å². The largest absolute Gasteiger partial charge is 0.450 e. The first-order chi connectivity index (χ1) is 5.92. The van der Waals surface area contributed by atoms with Crippen molar-refractivity contribution in [2.75, 3.05) is 0 Å². The van der Waals surface area contributed by atoms with Gasteiger partial charge in [0.25, 0.3) is 0 Å². The molecule has 1 N–H and O–H groups in total. The molecule has 0 amide bonds. The van der Waals surface area contributed by atoms with Crippen molar-refractivity contribution < 1.29 is 5.02 Å². The number of fused-ring (bicyclic) bond motifs is 1. The average Bonchev–Trinajstić information content (AvgIpc) is 2.17. The van der Waals surface area contributed by atoms with E-state index in [1.54, 1.807) is 12.4 Å².